The fraction of sp³-hybridized carbons (Fsp3) is 0.378. The summed E-state index contributed by atoms with van der Waals surface area (Å²) in [4.78, 5) is 44.8. The summed E-state index contributed by atoms with van der Waals surface area (Å²) >= 11 is 6.24. The van der Waals surface area contributed by atoms with Crippen molar-refractivity contribution in [1.82, 2.24) is 20.6 Å². The lowest BCUT2D eigenvalue weighted by Gasteiger charge is -2.44. The average Bonchev–Trinajstić information content (AvgIpc) is 4.02. The van der Waals surface area contributed by atoms with Crippen LogP contribution >= 0.6 is 76.5 Å². The van der Waals surface area contributed by atoms with E-state index in [1.807, 2.05) is 65.4 Å². The van der Waals surface area contributed by atoms with Gasteiger partial charge >= 0.3 is 0 Å². The number of amidine groups is 2. The third kappa shape index (κ3) is 12.1. The molecule has 4 aliphatic heterocycles. The van der Waals surface area contributed by atoms with E-state index < -0.39 is 11.1 Å². The molecule has 9 rings (SSSR count). The first-order valence-corrected chi connectivity index (χ1v) is 27.3. The lowest BCUT2D eigenvalue weighted by Crippen LogP contribution is -2.50. The first kappa shape index (κ1) is 51.6. The van der Waals surface area contributed by atoms with E-state index in [0.717, 1.165) is 57.2 Å². The number of aliphatic imine (C=N–C) groups is 2. The van der Waals surface area contributed by atoms with E-state index in [-0.39, 0.29) is 42.3 Å². The van der Waals surface area contributed by atoms with E-state index in [1.165, 1.54) is 11.3 Å². The number of fused-ring (bicyclic) bond motifs is 2. The smallest absolute Gasteiger partial charge is 0.257 e. The Hall–Kier alpha value is -3.83. The molecule has 0 radical (unpaired) electrons. The van der Waals surface area contributed by atoms with Gasteiger partial charge in [-0.1, -0.05) is 59.9 Å². The van der Waals surface area contributed by atoms with E-state index in [9.17, 15) is 9.59 Å². The van der Waals surface area contributed by atoms with Gasteiger partial charge in [0, 0.05) is 63.4 Å². The molecule has 2 aromatic heterocycles. The van der Waals surface area contributed by atoms with Crippen molar-refractivity contribution < 1.29 is 28.5 Å². The number of aromatic nitrogens is 2. The predicted octanol–water partition coefficient (Wildman–Crippen LogP) is 8.88. The molecule has 0 spiro atoms. The SMILES string of the molecule is COc1ccc(CNc2csc([C@]34CO[C@@H](C)C[C@H]3CSC(NC(=O)c3ccccc3)=N4)n2)c(OC)c1.C[C@H]1C[C@H]2CSC(NC(=O)c3ccccc3)=N[C@@]2(c2nc(N)cs2)CO1.Cl.PP. The summed E-state index contributed by atoms with van der Waals surface area (Å²) < 4.78 is 22.9. The fourth-order valence-electron chi connectivity index (χ4n) is 7.98. The van der Waals surface area contributed by atoms with Crippen LogP contribution in [0.2, 0.25) is 0 Å². The predicted molar refractivity (Wildman–Crippen MR) is 280 cm³/mol. The van der Waals surface area contributed by atoms with Crippen LogP contribution in [0.25, 0.3) is 0 Å². The van der Waals surface area contributed by atoms with Crippen LogP contribution in [-0.4, -0.2) is 83.3 Å². The molecule has 2 amide bonds. The second-order valence-corrected chi connectivity index (χ2v) is 19.4. The second-order valence-electron chi connectivity index (χ2n) is 15.7. The third-order valence-corrected chi connectivity index (χ3v) is 15.5. The molecular weight excluding hydrogens is 974 g/mol. The largest absolute Gasteiger partial charge is 0.497 e. The summed E-state index contributed by atoms with van der Waals surface area (Å²) in [5, 5.41) is 16.2. The van der Waals surface area contributed by atoms with E-state index >= 15 is 0 Å². The number of rotatable bonds is 9. The van der Waals surface area contributed by atoms with Crippen LogP contribution in [0.4, 0.5) is 11.6 Å². The minimum absolute atomic E-state index is 0. The van der Waals surface area contributed by atoms with Crippen LogP contribution in [0, 0.1) is 11.8 Å². The zero-order chi connectivity index (χ0) is 46.0. The normalized spacial score (nSPS) is 24.0. The van der Waals surface area contributed by atoms with Crippen molar-refractivity contribution in [2.45, 2.75) is 56.5 Å². The number of amides is 2. The van der Waals surface area contributed by atoms with Crippen LogP contribution in [0.15, 0.2) is 99.6 Å². The van der Waals surface area contributed by atoms with Gasteiger partial charge < -0.3 is 40.6 Å². The number of nitrogen functional groups attached to an aromatic ring is 1. The van der Waals surface area contributed by atoms with Gasteiger partial charge in [-0.2, -0.15) is 0 Å². The van der Waals surface area contributed by atoms with Crippen LogP contribution in [0.1, 0.15) is 63.0 Å². The summed E-state index contributed by atoms with van der Waals surface area (Å²) in [5.74, 6) is 4.72. The Morgan fingerprint density at radius 3 is 1.76 bits per heavy atom. The van der Waals surface area contributed by atoms with Crippen LogP contribution in [0.3, 0.4) is 0 Å². The van der Waals surface area contributed by atoms with E-state index in [4.69, 9.17) is 39.6 Å². The highest BCUT2D eigenvalue weighted by molar-refractivity contribution is 8.14. The molecule has 5 N–H and O–H groups in total. The van der Waals surface area contributed by atoms with Crippen LogP contribution < -0.4 is 31.2 Å². The Labute approximate surface area is 413 Å². The molecular formula is C45H55ClN8O6P2S4. The maximum Gasteiger partial charge on any atom is 0.257 e. The van der Waals surface area contributed by atoms with Gasteiger partial charge in [-0.15, -0.1) is 52.9 Å². The molecule has 2 unspecified atom stereocenters. The Bertz CT molecular complexity index is 2470. The van der Waals surface area contributed by atoms with Crippen molar-refractivity contribution in [3.63, 3.8) is 0 Å². The Morgan fingerprint density at radius 1 is 0.758 bits per heavy atom. The number of thioether (sulfide) groups is 2. The van der Waals surface area contributed by atoms with Crippen molar-refractivity contribution in [2.75, 3.05) is 50.0 Å². The number of halogens is 1. The van der Waals surface area contributed by atoms with E-state index in [1.54, 1.807) is 73.3 Å². The molecule has 6 heterocycles. The minimum atomic E-state index is -0.626. The van der Waals surface area contributed by atoms with Gasteiger partial charge in [-0.05, 0) is 63.1 Å². The van der Waals surface area contributed by atoms with Crippen molar-refractivity contribution in [3.05, 3.63) is 116 Å². The number of hydrogen-bond acceptors (Lipinski definition) is 16. The molecule has 4 aliphatic rings. The molecule has 2 saturated heterocycles. The molecule has 0 aliphatic carbocycles. The number of nitrogens with zero attached hydrogens (tertiary/aromatic N) is 4. The quantitative estimate of drug-likeness (QED) is 0.103. The van der Waals surface area contributed by atoms with Gasteiger partial charge in [0.25, 0.3) is 11.8 Å². The Kier molecular flexibility index (Phi) is 18.7. The number of carbonyl (C=O) groups excluding carboxylic acids is 2. The van der Waals surface area contributed by atoms with Gasteiger partial charge in [0.15, 0.2) is 10.3 Å². The summed E-state index contributed by atoms with van der Waals surface area (Å²) in [6.07, 6.45) is 2.16. The molecule has 3 aromatic carbocycles. The molecule has 5 aromatic rings. The first-order chi connectivity index (χ1) is 31.6. The van der Waals surface area contributed by atoms with Crippen LogP contribution in [0.5, 0.6) is 11.5 Å². The van der Waals surface area contributed by atoms with Crippen molar-refractivity contribution in [2.24, 2.45) is 21.8 Å². The van der Waals surface area contributed by atoms with Crippen LogP contribution in [-0.2, 0) is 27.1 Å². The minimum Gasteiger partial charge on any atom is -0.497 e. The number of hydrogen-bond donors (Lipinski definition) is 4. The van der Waals surface area contributed by atoms with Gasteiger partial charge in [0.1, 0.15) is 44.2 Å². The van der Waals surface area contributed by atoms with Crippen molar-refractivity contribution in [3.8, 4) is 11.5 Å². The first-order valence-electron chi connectivity index (χ1n) is 20.9. The monoisotopic (exact) mass is 1030 g/mol. The molecule has 66 heavy (non-hydrogen) atoms. The number of carbonyl (C=O) groups is 2. The van der Waals surface area contributed by atoms with E-state index in [0.29, 0.717) is 53.0 Å². The number of methoxy groups -OCH3 is 2. The maximum atomic E-state index is 12.8. The zero-order valence-corrected chi connectivity index (χ0v) is 43.3. The Balaban J connectivity index is 0.000000219. The van der Waals surface area contributed by atoms with Gasteiger partial charge in [-0.25, -0.2) is 20.0 Å². The zero-order valence-electron chi connectivity index (χ0n) is 36.9. The lowest BCUT2D eigenvalue weighted by atomic mass is 9.80. The van der Waals surface area contributed by atoms with Gasteiger partial charge in [0.05, 0.1) is 39.6 Å². The molecule has 14 nitrogen and oxygen atoms in total. The fourth-order valence-corrected chi connectivity index (χ4v) is 12.2. The van der Waals surface area contributed by atoms with Crippen molar-refractivity contribution >= 4 is 110 Å². The number of nitrogens with two attached hydrogens (primary N) is 1. The Morgan fingerprint density at radius 2 is 1.27 bits per heavy atom. The molecule has 352 valence electrons. The highest BCUT2D eigenvalue weighted by atomic mass is 35.5. The summed E-state index contributed by atoms with van der Waals surface area (Å²) in [7, 11) is 7.95. The third-order valence-electron chi connectivity index (χ3n) is 11.4. The number of ether oxygens (including phenoxy) is 4. The topological polar surface area (TPSA) is 184 Å². The molecule has 0 bridgehead atoms. The molecule has 2 fully saturated rings. The van der Waals surface area contributed by atoms with Gasteiger partial charge in [-0.3, -0.25) is 9.59 Å². The summed E-state index contributed by atoms with van der Waals surface area (Å²) in [6.45, 7) is 5.63. The van der Waals surface area contributed by atoms with Gasteiger partial charge in [0.2, 0.25) is 0 Å². The molecule has 8 atom stereocenters. The summed E-state index contributed by atoms with van der Waals surface area (Å²) in [6, 6.07) is 24.1. The second kappa shape index (κ2) is 23.9. The average molecular weight is 1030 g/mol. The van der Waals surface area contributed by atoms with E-state index in [2.05, 4.69) is 52.6 Å². The van der Waals surface area contributed by atoms with Crippen molar-refractivity contribution in [1.29, 1.82) is 0 Å². The highest BCUT2D eigenvalue weighted by Crippen LogP contribution is 2.48. The number of nitrogens with one attached hydrogen (secondary N) is 3. The maximum absolute atomic E-state index is 12.8. The molecule has 0 saturated carbocycles. The summed E-state index contributed by atoms with van der Waals surface area (Å²) in [5.41, 5.74) is 6.88. The standard InChI is InChI=1S/C27H30N4O4S2.C18H20N4O2S2.ClH.H4P2/c1-17-11-20-14-37-26(30-24(32)18-7-5-4-6-8-18)31-27(20,16-35-17)25-29-23(15-36-25)28-13-19-9-10-21(33-2)12-22(19)34-3;1-11-7-13-8-26-17(21-15(23)12-5-3-2-4-6-12)22-18(13,10-24-11)16-20-14(19)9-25-16;;1-2/h4-10,12,15,17,20,28H,11,13-14,16H2,1-3H3,(H,30,31,32);2-6,9,11,13H,7-8,10,19H2,1H3,(H,21,22,23);1H;1-2H2/t17-,20-,27-;11-,13-,18-;;/m00../s1. The lowest BCUT2D eigenvalue weighted by molar-refractivity contribution is -0.0467. The number of anilines is 2. The number of benzene rings is 3. The highest BCUT2D eigenvalue weighted by Gasteiger charge is 2.51. The number of thiazole rings is 2. The molecule has 21 heteroatoms.